The Morgan fingerprint density at radius 1 is 1.67 bits per heavy atom. The van der Waals surface area contributed by atoms with Gasteiger partial charge in [-0.2, -0.15) is 5.26 Å². The summed E-state index contributed by atoms with van der Waals surface area (Å²) in [4.78, 5) is 4.22. The molecule has 0 fully saturated rings. The Labute approximate surface area is 120 Å². The second-order valence-corrected chi connectivity index (χ2v) is 5.13. The Balaban J connectivity index is 2.42. The van der Waals surface area contributed by atoms with Crippen molar-refractivity contribution < 1.29 is 4.74 Å². The Bertz CT molecular complexity index is 422. The van der Waals surface area contributed by atoms with Gasteiger partial charge in [-0.05, 0) is 28.3 Å². The largest absolute Gasteiger partial charge is 0.428 e. The summed E-state index contributed by atoms with van der Waals surface area (Å²) in [6.45, 7) is 3.36. The number of halogens is 2. The van der Waals surface area contributed by atoms with E-state index in [-0.39, 0.29) is 0 Å². The number of anilines is 1. The quantitative estimate of drug-likeness (QED) is 0.609. The molecule has 0 aliphatic rings. The summed E-state index contributed by atoms with van der Waals surface area (Å²) in [6, 6.07) is 1.78. The van der Waals surface area contributed by atoms with Gasteiger partial charge in [0.2, 0.25) is 0 Å². The fourth-order valence-corrected chi connectivity index (χ4v) is 1.85. The number of nitrogens with zero attached hydrogens (tertiary/aromatic N) is 2. The maximum absolute atomic E-state index is 8.30. The van der Waals surface area contributed by atoms with Crippen LogP contribution in [0.5, 0.6) is 0 Å². The second kappa shape index (κ2) is 8.17. The number of pyridine rings is 1. The monoisotopic (exact) mass is 331 g/mol. The zero-order valence-corrected chi connectivity index (χ0v) is 12.5. The number of nitriles is 1. The van der Waals surface area contributed by atoms with E-state index in [0.29, 0.717) is 17.5 Å². The number of rotatable bonds is 7. The van der Waals surface area contributed by atoms with Crippen molar-refractivity contribution in [3.63, 3.8) is 0 Å². The van der Waals surface area contributed by atoms with Crippen molar-refractivity contribution in [1.82, 2.24) is 4.98 Å². The minimum atomic E-state index is 0.447. The molecule has 0 aromatic carbocycles. The van der Waals surface area contributed by atoms with Crippen molar-refractivity contribution in [1.29, 1.82) is 5.26 Å². The van der Waals surface area contributed by atoms with Gasteiger partial charge >= 0.3 is 0 Å². The lowest BCUT2D eigenvalue weighted by Gasteiger charge is -2.15. The average molecular weight is 333 g/mol. The molecule has 1 rings (SSSR count). The van der Waals surface area contributed by atoms with Crippen LogP contribution in [0.4, 0.5) is 5.82 Å². The molecule has 0 saturated carbocycles. The van der Waals surface area contributed by atoms with Crippen LogP contribution in [0.3, 0.4) is 0 Å². The Morgan fingerprint density at radius 2 is 2.44 bits per heavy atom. The zero-order chi connectivity index (χ0) is 13.4. The molecule has 18 heavy (non-hydrogen) atoms. The van der Waals surface area contributed by atoms with Crippen LogP contribution in [0.2, 0.25) is 5.02 Å². The van der Waals surface area contributed by atoms with Crippen molar-refractivity contribution >= 4 is 33.3 Å². The van der Waals surface area contributed by atoms with E-state index in [1.807, 2.05) is 0 Å². The standard InChI is InChI=1S/C12H15BrClN3O/c1-2-9(3-4-18-8-15)6-16-12-5-11(14)10(13)7-17-12/h5,7,9H,2-4,6H2,1H3,(H,16,17). The normalized spacial score (nSPS) is 11.7. The molecule has 1 N–H and O–H groups in total. The number of hydrogen-bond donors (Lipinski definition) is 1. The van der Waals surface area contributed by atoms with Crippen LogP contribution < -0.4 is 5.32 Å². The van der Waals surface area contributed by atoms with Crippen molar-refractivity contribution in [3.8, 4) is 6.26 Å². The third-order valence-electron chi connectivity index (χ3n) is 2.65. The van der Waals surface area contributed by atoms with Crippen LogP contribution in [0.15, 0.2) is 16.7 Å². The number of ether oxygens (including phenoxy) is 1. The molecule has 0 amide bonds. The topological polar surface area (TPSA) is 57.9 Å². The molecule has 98 valence electrons. The van der Waals surface area contributed by atoms with Gasteiger partial charge in [0.05, 0.1) is 9.50 Å². The van der Waals surface area contributed by atoms with E-state index in [9.17, 15) is 0 Å². The van der Waals surface area contributed by atoms with Crippen LogP contribution in [-0.2, 0) is 4.74 Å². The van der Waals surface area contributed by atoms with Crippen molar-refractivity contribution in [2.75, 3.05) is 18.5 Å². The molecule has 0 radical (unpaired) electrons. The molecule has 0 aliphatic heterocycles. The molecule has 0 aliphatic carbocycles. The molecule has 4 nitrogen and oxygen atoms in total. The molecular weight excluding hydrogens is 318 g/mol. The van der Waals surface area contributed by atoms with Crippen LogP contribution in [0.1, 0.15) is 19.8 Å². The third kappa shape index (κ3) is 5.11. The summed E-state index contributed by atoms with van der Waals surface area (Å²) in [5.74, 6) is 1.20. The molecular formula is C12H15BrClN3O. The Kier molecular flexibility index (Phi) is 6.84. The summed E-state index contributed by atoms with van der Waals surface area (Å²) in [6.07, 6.45) is 5.22. The Hall–Kier alpha value is -0.990. The van der Waals surface area contributed by atoms with Crippen molar-refractivity contribution in [2.45, 2.75) is 19.8 Å². The molecule has 0 spiro atoms. The van der Waals surface area contributed by atoms with Gasteiger partial charge in [-0.15, -0.1) is 0 Å². The zero-order valence-electron chi connectivity index (χ0n) is 10.1. The highest BCUT2D eigenvalue weighted by Crippen LogP contribution is 2.23. The first kappa shape index (κ1) is 15.1. The highest BCUT2D eigenvalue weighted by molar-refractivity contribution is 9.10. The van der Waals surface area contributed by atoms with E-state index in [1.165, 1.54) is 0 Å². The van der Waals surface area contributed by atoms with Gasteiger partial charge in [0.25, 0.3) is 6.26 Å². The SMILES string of the molecule is CCC(CCOC#N)CNc1cc(Cl)c(Br)cn1. The van der Waals surface area contributed by atoms with Gasteiger partial charge in [0, 0.05) is 18.8 Å². The predicted octanol–water partition coefficient (Wildman–Crippen LogP) is 3.82. The second-order valence-electron chi connectivity index (χ2n) is 3.87. The molecule has 0 saturated heterocycles. The van der Waals surface area contributed by atoms with Gasteiger partial charge in [-0.1, -0.05) is 24.9 Å². The maximum Gasteiger partial charge on any atom is 0.286 e. The highest BCUT2D eigenvalue weighted by atomic mass is 79.9. The highest BCUT2D eigenvalue weighted by Gasteiger charge is 2.07. The fourth-order valence-electron chi connectivity index (χ4n) is 1.48. The summed E-state index contributed by atoms with van der Waals surface area (Å²) in [7, 11) is 0. The number of hydrogen-bond acceptors (Lipinski definition) is 4. The van der Waals surface area contributed by atoms with Crippen LogP contribution in [-0.4, -0.2) is 18.1 Å². The lowest BCUT2D eigenvalue weighted by Crippen LogP contribution is -2.16. The molecule has 1 unspecified atom stereocenters. The summed E-state index contributed by atoms with van der Waals surface area (Å²) < 4.78 is 5.47. The van der Waals surface area contributed by atoms with Crippen LogP contribution in [0.25, 0.3) is 0 Å². The van der Waals surface area contributed by atoms with E-state index in [4.69, 9.17) is 16.9 Å². The van der Waals surface area contributed by atoms with Gasteiger partial charge in [0.15, 0.2) is 0 Å². The molecule has 1 aromatic heterocycles. The van der Waals surface area contributed by atoms with E-state index >= 15 is 0 Å². The van der Waals surface area contributed by atoms with Gasteiger partial charge in [-0.25, -0.2) is 4.98 Å². The van der Waals surface area contributed by atoms with Crippen LogP contribution in [0, 0.1) is 17.4 Å². The predicted molar refractivity (Wildman–Crippen MR) is 75.4 cm³/mol. The van der Waals surface area contributed by atoms with Crippen molar-refractivity contribution in [2.24, 2.45) is 5.92 Å². The molecule has 0 bridgehead atoms. The lowest BCUT2D eigenvalue weighted by molar-refractivity contribution is 0.240. The minimum Gasteiger partial charge on any atom is -0.428 e. The Morgan fingerprint density at radius 3 is 3.06 bits per heavy atom. The fraction of sp³-hybridized carbons (Fsp3) is 0.500. The first-order valence-corrected chi connectivity index (χ1v) is 6.90. The third-order valence-corrected chi connectivity index (χ3v) is 3.82. The lowest BCUT2D eigenvalue weighted by atomic mass is 10.0. The van der Waals surface area contributed by atoms with Crippen molar-refractivity contribution in [3.05, 3.63) is 21.8 Å². The summed E-state index contributed by atoms with van der Waals surface area (Å²) in [5, 5.41) is 12.2. The minimum absolute atomic E-state index is 0.447. The van der Waals surface area contributed by atoms with E-state index in [1.54, 1.807) is 18.5 Å². The summed E-state index contributed by atoms with van der Waals surface area (Å²) in [5.41, 5.74) is 0. The first-order valence-electron chi connectivity index (χ1n) is 5.73. The smallest absolute Gasteiger partial charge is 0.286 e. The van der Waals surface area contributed by atoms with Gasteiger partial charge in [0.1, 0.15) is 12.4 Å². The van der Waals surface area contributed by atoms with Crippen LogP contribution >= 0.6 is 27.5 Å². The number of aromatic nitrogens is 1. The van der Waals surface area contributed by atoms with E-state index < -0.39 is 0 Å². The molecule has 1 atom stereocenters. The van der Waals surface area contributed by atoms with E-state index in [2.05, 4.69) is 37.9 Å². The van der Waals surface area contributed by atoms with Gasteiger partial charge < -0.3 is 10.1 Å². The first-order chi connectivity index (χ1) is 8.67. The molecule has 1 aromatic rings. The van der Waals surface area contributed by atoms with E-state index in [0.717, 1.165) is 29.7 Å². The average Bonchev–Trinajstić information content (AvgIpc) is 2.37. The van der Waals surface area contributed by atoms with Gasteiger partial charge in [-0.3, -0.25) is 0 Å². The number of nitrogens with one attached hydrogen (secondary N) is 1. The maximum atomic E-state index is 8.30. The molecule has 1 heterocycles. The molecule has 6 heteroatoms. The summed E-state index contributed by atoms with van der Waals surface area (Å²) >= 11 is 9.28.